The zero-order chi connectivity index (χ0) is 47.4. The molecule has 0 aliphatic carbocycles. The summed E-state index contributed by atoms with van der Waals surface area (Å²) in [5.74, 6) is 0. The number of anilines is 6. The van der Waals surface area contributed by atoms with Crippen LogP contribution in [0.4, 0.5) is 32.8 Å². The van der Waals surface area contributed by atoms with Crippen LogP contribution in [0.25, 0.3) is 61.2 Å². The number of aryl methyl sites for hydroxylation is 2. The molecule has 0 amide bonds. The molecule has 6 heterocycles. The van der Waals surface area contributed by atoms with Crippen LogP contribution < -0.4 is 26.2 Å². The Balaban J connectivity index is 1.15. The third kappa shape index (κ3) is 6.46. The second kappa shape index (κ2) is 15.3. The SMILES string of the molecule is Cc1ccc(-c2cc3ccccc3s2)c(C)c1N1c2cccc3c2B(c2c1sc1ccc(C(C)(C)C)cc21)c1c(sc2ccc(C(C)(C)C)cc12)N3c1c(C)ccc(-c2cc3ccccc3s2)c1C. The molecule has 0 spiro atoms. The molecule has 2 aliphatic rings. The quantitative estimate of drug-likeness (QED) is 0.162. The fraction of sp³-hybridized carbons (Fsp3) is 0.194. The maximum Gasteiger partial charge on any atom is 0.256 e. The van der Waals surface area contributed by atoms with E-state index in [1.165, 1.54) is 144 Å². The molecule has 0 saturated heterocycles. The number of rotatable bonds is 4. The summed E-state index contributed by atoms with van der Waals surface area (Å²) in [7, 11) is 0. The zero-order valence-electron chi connectivity index (χ0n) is 40.9. The molecule has 0 N–H and O–H groups in total. The molecule has 0 fully saturated rings. The lowest BCUT2D eigenvalue weighted by atomic mass is 9.33. The molecule has 0 saturated carbocycles. The van der Waals surface area contributed by atoms with E-state index >= 15 is 0 Å². The minimum Gasteiger partial charge on any atom is -0.302 e. The molecule has 338 valence electrons. The number of hydrogen-bond acceptors (Lipinski definition) is 6. The van der Waals surface area contributed by atoms with Crippen molar-refractivity contribution in [3.8, 4) is 20.9 Å². The van der Waals surface area contributed by atoms with Crippen LogP contribution in [0.5, 0.6) is 0 Å². The molecule has 2 nitrogen and oxygen atoms in total. The topological polar surface area (TPSA) is 6.48 Å². The molecular formula is C62H53BN2S4. The Kier molecular flexibility index (Phi) is 9.54. The van der Waals surface area contributed by atoms with Crippen molar-refractivity contribution in [1.29, 1.82) is 0 Å². The summed E-state index contributed by atoms with van der Waals surface area (Å²) in [5, 5.41) is 8.01. The maximum absolute atomic E-state index is 2.69. The minimum absolute atomic E-state index is 0.00805. The molecule has 0 atom stereocenters. The lowest BCUT2D eigenvalue weighted by molar-refractivity contribution is 0.591. The molecule has 7 aromatic carbocycles. The third-order valence-electron chi connectivity index (χ3n) is 15.1. The Bertz CT molecular complexity index is 3640. The first-order chi connectivity index (χ1) is 33.1. The van der Waals surface area contributed by atoms with Gasteiger partial charge in [-0.15, -0.1) is 45.3 Å². The monoisotopic (exact) mass is 964 g/mol. The number of nitrogens with zero attached hydrogens (tertiary/aromatic N) is 2. The first-order valence-electron chi connectivity index (χ1n) is 24.2. The highest BCUT2D eigenvalue weighted by atomic mass is 32.1. The van der Waals surface area contributed by atoms with Gasteiger partial charge in [0.2, 0.25) is 0 Å². The van der Waals surface area contributed by atoms with Crippen molar-refractivity contribution in [2.24, 2.45) is 0 Å². The highest BCUT2D eigenvalue weighted by Crippen LogP contribution is 2.54. The first-order valence-corrected chi connectivity index (χ1v) is 27.5. The predicted molar refractivity (Wildman–Crippen MR) is 309 cm³/mol. The van der Waals surface area contributed by atoms with E-state index in [2.05, 4.69) is 219 Å². The average molecular weight is 965 g/mol. The summed E-state index contributed by atoms with van der Waals surface area (Å²) in [5.41, 5.74) is 19.8. The Morgan fingerprint density at radius 1 is 0.406 bits per heavy atom. The van der Waals surface area contributed by atoms with Gasteiger partial charge in [0.25, 0.3) is 6.71 Å². The lowest BCUT2D eigenvalue weighted by Crippen LogP contribution is -2.60. The van der Waals surface area contributed by atoms with Crippen LogP contribution in [-0.2, 0) is 10.8 Å². The highest BCUT2D eigenvalue weighted by molar-refractivity contribution is 7.29. The van der Waals surface area contributed by atoms with Crippen molar-refractivity contribution in [3.63, 3.8) is 0 Å². The Labute approximate surface area is 422 Å². The van der Waals surface area contributed by atoms with Gasteiger partial charge in [0.15, 0.2) is 0 Å². The van der Waals surface area contributed by atoms with Crippen LogP contribution in [0.3, 0.4) is 0 Å². The molecule has 13 rings (SSSR count). The van der Waals surface area contributed by atoms with Crippen LogP contribution in [0, 0.1) is 27.7 Å². The predicted octanol–water partition coefficient (Wildman–Crippen LogP) is 17.8. The molecule has 69 heavy (non-hydrogen) atoms. The fourth-order valence-corrected chi connectivity index (χ4v) is 16.3. The molecule has 11 aromatic rings. The van der Waals surface area contributed by atoms with E-state index in [1.54, 1.807) is 0 Å². The smallest absolute Gasteiger partial charge is 0.256 e. The van der Waals surface area contributed by atoms with E-state index in [-0.39, 0.29) is 17.5 Å². The van der Waals surface area contributed by atoms with Gasteiger partial charge in [0, 0.05) is 39.9 Å². The van der Waals surface area contributed by atoms with Crippen LogP contribution in [0.1, 0.15) is 74.9 Å². The van der Waals surface area contributed by atoms with Crippen molar-refractivity contribution in [2.45, 2.75) is 80.1 Å². The molecule has 0 bridgehead atoms. The molecule has 2 aliphatic heterocycles. The van der Waals surface area contributed by atoms with Gasteiger partial charge < -0.3 is 9.80 Å². The highest BCUT2D eigenvalue weighted by Gasteiger charge is 2.48. The minimum atomic E-state index is -0.00805. The van der Waals surface area contributed by atoms with Crippen LogP contribution in [-0.4, -0.2) is 6.71 Å². The Morgan fingerprint density at radius 2 is 0.841 bits per heavy atom. The van der Waals surface area contributed by atoms with Crippen LogP contribution in [0.15, 0.2) is 140 Å². The molecule has 0 unspecified atom stereocenters. The van der Waals surface area contributed by atoms with Gasteiger partial charge >= 0.3 is 0 Å². The van der Waals surface area contributed by atoms with Crippen molar-refractivity contribution in [2.75, 3.05) is 9.80 Å². The van der Waals surface area contributed by atoms with Crippen molar-refractivity contribution in [3.05, 3.63) is 173 Å². The van der Waals surface area contributed by atoms with Crippen molar-refractivity contribution in [1.82, 2.24) is 0 Å². The van der Waals surface area contributed by atoms with Crippen LogP contribution in [0.2, 0.25) is 0 Å². The van der Waals surface area contributed by atoms with Gasteiger partial charge in [0.05, 0.1) is 21.4 Å². The summed E-state index contributed by atoms with van der Waals surface area (Å²) in [6.07, 6.45) is 0. The first kappa shape index (κ1) is 43.1. The summed E-state index contributed by atoms with van der Waals surface area (Å²) in [6.45, 7) is 23.5. The van der Waals surface area contributed by atoms with Crippen molar-refractivity contribution >= 4 is 142 Å². The van der Waals surface area contributed by atoms with Crippen LogP contribution >= 0.6 is 45.3 Å². The average Bonchev–Trinajstić information content (AvgIpc) is 4.12. The van der Waals surface area contributed by atoms with Gasteiger partial charge in [-0.1, -0.05) is 133 Å². The zero-order valence-corrected chi connectivity index (χ0v) is 44.1. The van der Waals surface area contributed by atoms with Gasteiger partial charge in [-0.3, -0.25) is 0 Å². The van der Waals surface area contributed by atoms with Gasteiger partial charge in [-0.05, 0) is 169 Å². The van der Waals surface area contributed by atoms with E-state index < -0.39 is 0 Å². The number of benzene rings is 7. The summed E-state index contributed by atoms with van der Waals surface area (Å²) in [6, 6.07) is 53.7. The van der Waals surface area contributed by atoms with E-state index in [0.717, 1.165) is 0 Å². The standard InChI is InChI=1S/C62H53BN2S4/c1-34-22-26-42(52-30-38-16-11-13-20-48(38)66-52)36(3)57(34)64-46-18-15-19-47-56(46)63(54-44-32-40(61(5,6)7)24-28-50(44)68-59(54)64)55-45-33-41(62(8,9)10)25-29-51(45)69-60(55)65(47)58-35(2)23-27-43(37(58)4)53-31-39-17-12-14-21-49(39)67-53/h11-33H,1-10H3. The normalized spacial score (nSPS) is 13.6. The Morgan fingerprint density at radius 3 is 1.26 bits per heavy atom. The maximum atomic E-state index is 2.69. The lowest BCUT2D eigenvalue weighted by Gasteiger charge is -2.43. The fourth-order valence-electron chi connectivity index (χ4n) is 11.5. The number of fused-ring (bicyclic) bond motifs is 10. The molecular weight excluding hydrogens is 912 g/mol. The second-order valence-electron chi connectivity index (χ2n) is 21.5. The van der Waals surface area contributed by atoms with Gasteiger partial charge in [-0.2, -0.15) is 0 Å². The summed E-state index contributed by atoms with van der Waals surface area (Å²) >= 11 is 7.74. The van der Waals surface area contributed by atoms with E-state index in [4.69, 9.17) is 0 Å². The molecule has 0 radical (unpaired) electrons. The second-order valence-corrected chi connectivity index (χ2v) is 25.7. The van der Waals surface area contributed by atoms with E-state index in [9.17, 15) is 0 Å². The number of hydrogen-bond donors (Lipinski definition) is 0. The summed E-state index contributed by atoms with van der Waals surface area (Å²) < 4.78 is 5.32. The third-order valence-corrected chi connectivity index (χ3v) is 19.7. The van der Waals surface area contributed by atoms with Gasteiger partial charge in [0.1, 0.15) is 0 Å². The summed E-state index contributed by atoms with van der Waals surface area (Å²) in [4.78, 5) is 8.01. The van der Waals surface area contributed by atoms with Gasteiger partial charge in [-0.25, -0.2) is 0 Å². The number of thiophene rings is 4. The van der Waals surface area contributed by atoms with E-state index in [1.807, 2.05) is 45.3 Å². The molecule has 4 aromatic heterocycles. The molecule has 7 heteroatoms. The Hall–Kier alpha value is -5.96. The van der Waals surface area contributed by atoms with Crippen molar-refractivity contribution < 1.29 is 0 Å². The largest absolute Gasteiger partial charge is 0.302 e. The van der Waals surface area contributed by atoms with E-state index in [0.29, 0.717) is 0 Å².